The van der Waals surface area contributed by atoms with Crippen molar-refractivity contribution < 1.29 is 4.74 Å². The Labute approximate surface area is 121 Å². The highest BCUT2D eigenvalue weighted by atomic mass is 16.5. The first kappa shape index (κ1) is 15.2. The number of anilines is 1. The lowest BCUT2D eigenvalue weighted by molar-refractivity contribution is -0.0782. The van der Waals surface area contributed by atoms with E-state index in [0.29, 0.717) is 12.3 Å². The molecule has 1 aliphatic carbocycles. The number of hydrazine groups is 1. The van der Waals surface area contributed by atoms with Crippen molar-refractivity contribution in [1.29, 1.82) is 0 Å². The standard InChI is InChI=1S/C15H26N4O/c1-2-20-15(8-5-3-4-6-9-15)14(19-17)12-11-18-10-7-13(12)16/h7,10-11,14,19H,2-6,8-9,17H2,1H3,(H2,16,18). The van der Waals surface area contributed by atoms with Crippen molar-refractivity contribution in [2.24, 2.45) is 5.84 Å². The number of nitrogens with zero attached hydrogens (tertiary/aromatic N) is 1. The molecule has 0 aromatic carbocycles. The van der Waals surface area contributed by atoms with Crippen LogP contribution in [-0.2, 0) is 4.74 Å². The Morgan fingerprint density at radius 2 is 2.05 bits per heavy atom. The maximum Gasteiger partial charge on any atom is 0.0890 e. The van der Waals surface area contributed by atoms with E-state index in [4.69, 9.17) is 16.3 Å². The van der Waals surface area contributed by atoms with E-state index in [1.54, 1.807) is 12.4 Å². The summed E-state index contributed by atoms with van der Waals surface area (Å²) >= 11 is 0. The van der Waals surface area contributed by atoms with Crippen LogP contribution in [0, 0.1) is 0 Å². The second kappa shape index (κ2) is 7.02. The Morgan fingerprint density at radius 3 is 2.60 bits per heavy atom. The number of hydrogen-bond acceptors (Lipinski definition) is 5. The zero-order chi connectivity index (χ0) is 14.4. The van der Waals surface area contributed by atoms with E-state index in [1.807, 2.05) is 13.0 Å². The van der Waals surface area contributed by atoms with Crippen LogP contribution in [0.25, 0.3) is 0 Å². The van der Waals surface area contributed by atoms with Crippen LogP contribution >= 0.6 is 0 Å². The molecule has 5 nitrogen and oxygen atoms in total. The van der Waals surface area contributed by atoms with E-state index in [2.05, 4.69) is 10.4 Å². The minimum atomic E-state index is -0.281. The average molecular weight is 278 g/mol. The van der Waals surface area contributed by atoms with Crippen molar-refractivity contribution in [2.75, 3.05) is 12.3 Å². The fourth-order valence-corrected chi connectivity index (χ4v) is 3.31. The third-order valence-electron chi connectivity index (χ3n) is 4.27. The Bertz CT molecular complexity index is 416. The predicted octanol–water partition coefficient (Wildman–Crippen LogP) is 2.30. The van der Waals surface area contributed by atoms with Crippen LogP contribution in [0.15, 0.2) is 18.5 Å². The molecular weight excluding hydrogens is 252 g/mol. The summed E-state index contributed by atoms with van der Waals surface area (Å²) in [6, 6.07) is 1.70. The van der Waals surface area contributed by atoms with Gasteiger partial charge in [0.05, 0.1) is 11.6 Å². The molecular formula is C15H26N4O. The molecule has 1 aromatic rings. The van der Waals surface area contributed by atoms with E-state index in [9.17, 15) is 0 Å². The lowest BCUT2D eigenvalue weighted by atomic mass is 9.82. The molecule has 1 atom stereocenters. The largest absolute Gasteiger partial charge is 0.398 e. The molecule has 1 fully saturated rings. The predicted molar refractivity (Wildman–Crippen MR) is 80.8 cm³/mol. The van der Waals surface area contributed by atoms with Gasteiger partial charge in [-0.15, -0.1) is 0 Å². The third kappa shape index (κ3) is 3.11. The monoisotopic (exact) mass is 278 g/mol. The molecule has 1 unspecified atom stereocenters. The molecule has 1 aliphatic rings. The summed E-state index contributed by atoms with van der Waals surface area (Å²) in [5, 5.41) is 0. The van der Waals surface area contributed by atoms with Crippen LogP contribution in [0.2, 0.25) is 0 Å². The van der Waals surface area contributed by atoms with Gasteiger partial charge in [0.15, 0.2) is 0 Å². The molecule has 0 radical (unpaired) electrons. The number of nitrogen functional groups attached to an aromatic ring is 1. The van der Waals surface area contributed by atoms with Gasteiger partial charge < -0.3 is 10.5 Å². The molecule has 5 N–H and O–H groups in total. The maximum atomic E-state index is 6.19. The van der Waals surface area contributed by atoms with E-state index in [1.165, 1.54) is 25.7 Å². The van der Waals surface area contributed by atoms with Gasteiger partial charge in [-0.25, -0.2) is 5.43 Å². The van der Waals surface area contributed by atoms with Gasteiger partial charge in [-0.2, -0.15) is 0 Å². The van der Waals surface area contributed by atoms with Crippen LogP contribution in [0.3, 0.4) is 0 Å². The van der Waals surface area contributed by atoms with E-state index in [-0.39, 0.29) is 11.6 Å². The quantitative estimate of drug-likeness (QED) is 0.437. The number of hydrogen-bond donors (Lipinski definition) is 3. The average Bonchev–Trinajstić information content (AvgIpc) is 2.69. The second-order valence-electron chi connectivity index (χ2n) is 5.52. The minimum Gasteiger partial charge on any atom is -0.398 e. The Kier molecular flexibility index (Phi) is 5.34. The van der Waals surface area contributed by atoms with Crippen molar-refractivity contribution in [1.82, 2.24) is 10.4 Å². The van der Waals surface area contributed by atoms with Gasteiger partial charge in [0, 0.05) is 30.3 Å². The van der Waals surface area contributed by atoms with Gasteiger partial charge >= 0.3 is 0 Å². The fraction of sp³-hybridized carbons (Fsp3) is 0.667. The molecule has 5 heteroatoms. The maximum absolute atomic E-state index is 6.19. The molecule has 20 heavy (non-hydrogen) atoms. The Hall–Kier alpha value is -1.17. The number of rotatable bonds is 5. The van der Waals surface area contributed by atoms with Crippen LogP contribution in [0.4, 0.5) is 5.69 Å². The highest BCUT2D eigenvalue weighted by Gasteiger charge is 2.41. The van der Waals surface area contributed by atoms with E-state index < -0.39 is 0 Å². The van der Waals surface area contributed by atoms with Crippen LogP contribution in [-0.4, -0.2) is 17.2 Å². The summed E-state index contributed by atoms with van der Waals surface area (Å²) in [5.41, 5.74) is 10.4. The molecule has 0 spiro atoms. The van der Waals surface area contributed by atoms with Gasteiger partial charge in [-0.05, 0) is 25.8 Å². The number of aromatic nitrogens is 1. The summed E-state index contributed by atoms with van der Waals surface area (Å²) in [4.78, 5) is 4.19. The summed E-state index contributed by atoms with van der Waals surface area (Å²) in [6.07, 6.45) is 10.4. The van der Waals surface area contributed by atoms with Gasteiger partial charge in [0.2, 0.25) is 0 Å². The van der Waals surface area contributed by atoms with Crippen LogP contribution in [0.5, 0.6) is 0 Å². The zero-order valence-electron chi connectivity index (χ0n) is 12.3. The summed E-state index contributed by atoms with van der Waals surface area (Å²) in [6.45, 7) is 2.71. The second-order valence-corrected chi connectivity index (χ2v) is 5.52. The first-order chi connectivity index (χ1) is 9.73. The molecule has 112 valence electrons. The van der Waals surface area contributed by atoms with Gasteiger partial charge in [0.1, 0.15) is 0 Å². The lowest BCUT2D eigenvalue weighted by Crippen LogP contribution is -2.48. The smallest absolute Gasteiger partial charge is 0.0890 e. The number of ether oxygens (including phenoxy) is 1. The van der Waals surface area contributed by atoms with Gasteiger partial charge in [-0.1, -0.05) is 25.7 Å². The van der Waals surface area contributed by atoms with E-state index in [0.717, 1.165) is 18.4 Å². The molecule has 0 bridgehead atoms. The molecule has 1 heterocycles. The van der Waals surface area contributed by atoms with Crippen molar-refractivity contribution >= 4 is 5.69 Å². The molecule has 2 rings (SSSR count). The van der Waals surface area contributed by atoms with Crippen LogP contribution in [0.1, 0.15) is 57.1 Å². The topological polar surface area (TPSA) is 86.2 Å². The first-order valence-corrected chi connectivity index (χ1v) is 7.53. The molecule has 1 saturated carbocycles. The Balaban J connectivity index is 2.36. The van der Waals surface area contributed by atoms with Gasteiger partial charge in [0.25, 0.3) is 0 Å². The molecule has 0 aliphatic heterocycles. The SMILES string of the molecule is CCOC1(C(NN)c2cnccc2N)CCCCCC1. The first-order valence-electron chi connectivity index (χ1n) is 7.53. The van der Waals surface area contributed by atoms with Crippen molar-refractivity contribution in [3.05, 3.63) is 24.0 Å². The van der Waals surface area contributed by atoms with Crippen molar-refractivity contribution in [3.63, 3.8) is 0 Å². The molecule has 0 saturated heterocycles. The summed E-state index contributed by atoms with van der Waals surface area (Å²) in [7, 11) is 0. The number of nitrogens with one attached hydrogen (secondary N) is 1. The summed E-state index contributed by atoms with van der Waals surface area (Å²) < 4.78 is 6.19. The molecule has 1 aromatic heterocycles. The highest BCUT2D eigenvalue weighted by molar-refractivity contribution is 5.47. The normalized spacial score (nSPS) is 20.3. The third-order valence-corrected chi connectivity index (χ3v) is 4.27. The highest BCUT2D eigenvalue weighted by Crippen LogP contribution is 2.41. The lowest BCUT2D eigenvalue weighted by Gasteiger charge is -2.40. The zero-order valence-corrected chi connectivity index (χ0v) is 12.3. The summed E-state index contributed by atoms with van der Waals surface area (Å²) in [5.74, 6) is 5.86. The minimum absolute atomic E-state index is 0.116. The van der Waals surface area contributed by atoms with Crippen LogP contribution < -0.4 is 17.0 Å². The number of nitrogens with two attached hydrogens (primary N) is 2. The van der Waals surface area contributed by atoms with Gasteiger partial charge in [-0.3, -0.25) is 10.8 Å². The van der Waals surface area contributed by atoms with Crippen molar-refractivity contribution in [2.45, 2.75) is 57.1 Å². The Morgan fingerprint density at radius 1 is 1.35 bits per heavy atom. The number of pyridine rings is 1. The van der Waals surface area contributed by atoms with Crippen molar-refractivity contribution in [3.8, 4) is 0 Å². The van der Waals surface area contributed by atoms with E-state index >= 15 is 0 Å². The molecule has 0 amide bonds. The fourth-order valence-electron chi connectivity index (χ4n) is 3.31.